The minimum atomic E-state index is -1.09. The van der Waals surface area contributed by atoms with E-state index in [2.05, 4.69) is 0 Å². The maximum Gasteiger partial charge on any atom is 0.326 e. The van der Waals surface area contributed by atoms with Crippen LogP contribution in [-0.4, -0.2) is 52.9 Å². The number of β-amino-alcohol motifs (C(OH)–C–C–N with tert-alkyl or cyclic N) is 1. The maximum absolute atomic E-state index is 12.5. The summed E-state index contributed by atoms with van der Waals surface area (Å²) < 4.78 is 0. The van der Waals surface area contributed by atoms with Crippen LogP contribution in [0.25, 0.3) is 0 Å². The number of carbonyl (C=O) groups excluding carboxylic acids is 1. The van der Waals surface area contributed by atoms with Gasteiger partial charge in [-0.15, -0.1) is 0 Å². The Morgan fingerprint density at radius 2 is 1.81 bits per heavy atom. The van der Waals surface area contributed by atoms with Crippen LogP contribution in [-0.2, 0) is 4.79 Å². The summed E-state index contributed by atoms with van der Waals surface area (Å²) >= 11 is 0. The van der Waals surface area contributed by atoms with Gasteiger partial charge in [0.1, 0.15) is 6.04 Å². The monoisotopic (exact) mass is 292 g/mol. The van der Waals surface area contributed by atoms with Crippen molar-refractivity contribution in [3.63, 3.8) is 0 Å². The van der Waals surface area contributed by atoms with Gasteiger partial charge in [-0.2, -0.15) is 0 Å². The second-order valence-corrected chi connectivity index (χ2v) is 5.58. The highest BCUT2D eigenvalue weighted by atomic mass is 16.4. The molecular formula is C15H20N2O4. The number of carboxylic acids is 1. The number of aryl methyl sites for hydroxylation is 2. The predicted molar refractivity (Wildman–Crippen MR) is 78.5 cm³/mol. The highest BCUT2D eigenvalue weighted by Crippen LogP contribution is 2.23. The molecule has 21 heavy (non-hydrogen) atoms. The summed E-state index contributed by atoms with van der Waals surface area (Å²) in [5.74, 6) is -1.09. The van der Waals surface area contributed by atoms with Crippen LogP contribution >= 0.6 is 0 Å². The summed E-state index contributed by atoms with van der Waals surface area (Å²) in [6.45, 7) is 3.92. The van der Waals surface area contributed by atoms with Crippen molar-refractivity contribution in [2.45, 2.75) is 32.4 Å². The van der Waals surface area contributed by atoms with Crippen LogP contribution < -0.4 is 4.90 Å². The Labute approximate surface area is 123 Å². The first-order valence-corrected chi connectivity index (χ1v) is 6.83. The summed E-state index contributed by atoms with van der Waals surface area (Å²) in [7, 11) is 1.61. The number of aliphatic carboxylic acids is 1. The van der Waals surface area contributed by atoms with Crippen LogP contribution in [0.1, 0.15) is 17.5 Å². The second-order valence-electron chi connectivity index (χ2n) is 5.58. The number of urea groups is 1. The van der Waals surface area contributed by atoms with Crippen molar-refractivity contribution in [3.8, 4) is 0 Å². The van der Waals surface area contributed by atoms with Gasteiger partial charge in [0.05, 0.1) is 6.10 Å². The first kappa shape index (κ1) is 15.3. The molecule has 114 valence electrons. The second kappa shape index (κ2) is 5.73. The van der Waals surface area contributed by atoms with Crippen molar-refractivity contribution >= 4 is 17.7 Å². The fourth-order valence-corrected chi connectivity index (χ4v) is 2.71. The van der Waals surface area contributed by atoms with Crippen LogP contribution in [0.15, 0.2) is 18.2 Å². The van der Waals surface area contributed by atoms with Crippen molar-refractivity contribution < 1.29 is 19.8 Å². The molecule has 1 aliphatic rings. The minimum Gasteiger partial charge on any atom is -0.480 e. The molecule has 1 fully saturated rings. The molecular weight excluding hydrogens is 272 g/mol. The number of rotatable bonds is 2. The number of aliphatic hydroxyl groups is 1. The van der Waals surface area contributed by atoms with E-state index in [0.717, 1.165) is 11.1 Å². The number of anilines is 1. The molecule has 0 saturated carbocycles. The van der Waals surface area contributed by atoms with Gasteiger partial charge < -0.3 is 15.1 Å². The number of likely N-dealkylation sites (tertiary alicyclic amines) is 1. The van der Waals surface area contributed by atoms with E-state index in [1.807, 2.05) is 32.0 Å². The number of benzene rings is 1. The Balaban J connectivity index is 2.24. The van der Waals surface area contributed by atoms with E-state index < -0.39 is 24.1 Å². The summed E-state index contributed by atoms with van der Waals surface area (Å²) in [5.41, 5.74) is 2.77. The molecule has 2 N–H and O–H groups in total. The molecule has 1 aromatic carbocycles. The van der Waals surface area contributed by atoms with Gasteiger partial charge >= 0.3 is 12.0 Å². The highest BCUT2D eigenvalue weighted by Gasteiger charge is 2.40. The molecule has 0 aliphatic carbocycles. The Morgan fingerprint density at radius 1 is 1.24 bits per heavy atom. The quantitative estimate of drug-likeness (QED) is 0.863. The molecule has 0 spiro atoms. The third-order valence-electron chi connectivity index (χ3n) is 3.69. The van der Waals surface area contributed by atoms with Crippen LogP contribution in [0.2, 0.25) is 0 Å². The molecule has 2 amide bonds. The lowest BCUT2D eigenvalue weighted by Crippen LogP contribution is -2.47. The Kier molecular flexibility index (Phi) is 4.18. The van der Waals surface area contributed by atoms with E-state index in [4.69, 9.17) is 5.11 Å². The van der Waals surface area contributed by atoms with Crippen molar-refractivity contribution in [1.82, 2.24) is 4.90 Å². The minimum absolute atomic E-state index is 0.0466. The van der Waals surface area contributed by atoms with Crippen molar-refractivity contribution in [2.24, 2.45) is 0 Å². The molecule has 2 rings (SSSR count). The van der Waals surface area contributed by atoms with E-state index in [1.54, 1.807) is 7.05 Å². The summed E-state index contributed by atoms with van der Waals surface area (Å²) in [4.78, 5) is 26.3. The van der Waals surface area contributed by atoms with Crippen molar-refractivity contribution in [3.05, 3.63) is 29.3 Å². The smallest absolute Gasteiger partial charge is 0.326 e. The Morgan fingerprint density at radius 3 is 2.33 bits per heavy atom. The fourth-order valence-electron chi connectivity index (χ4n) is 2.71. The zero-order chi connectivity index (χ0) is 15.7. The molecule has 1 saturated heterocycles. The standard InChI is InChI=1S/C15H20N2O4/c1-9-4-10(2)6-11(5-9)16(3)15(21)17-8-12(18)7-13(17)14(19)20/h4-6,12-13,18H,7-8H2,1-3H3,(H,19,20)/t12?,13-/m0/s1. The zero-order valence-corrected chi connectivity index (χ0v) is 12.4. The topological polar surface area (TPSA) is 81.1 Å². The van der Waals surface area contributed by atoms with Gasteiger partial charge in [0.2, 0.25) is 0 Å². The van der Waals surface area contributed by atoms with E-state index in [1.165, 1.54) is 9.80 Å². The molecule has 2 atom stereocenters. The molecule has 1 aromatic rings. The third-order valence-corrected chi connectivity index (χ3v) is 3.69. The van der Waals surface area contributed by atoms with E-state index in [0.29, 0.717) is 5.69 Å². The average molecular weight is 292 g/mol. The van der Waals surface area contributed by atoms with Gasteiger partial charge in [-0.05, 0) is 37.1 Å². The van der Waals surface area contributed by atoms with Gasteiger partial charge in [0.25, 0.3) is 0 Å². The largest absolute Gasteiger partial charge is 0.480 e. The molecule has 0 bridgehead atoms. The molecule has 6 nitrogen and oxygen atoms in total. The van der Waals surface area contributed by atoms with Crippen LogP contribution in [0.3, 0.4) is 0 Å². The van der Waals surface area contributed by atoms with Crippen molar-refractivity contribution in [2.75, 3.05) is 18.5 Å². The molecule has 0 radical (unpaired) electrons. The SMILES string of the molecule is Cc1cc(C)cc(N(C)C(=O)N2CC(O)C[C@H]2C(=O)O)c1. The summed E-state index contributed by atoms with van der Waals surface area (Å²) in [5, 5.41) is 18.8. The molecule has 6 heteroatoms. The summed E-state index contributed by atoms with van der Waals surface area (Å²) in [6, 6.07) is 4.35. The number of hydrogen-bond donors (Lipinski definition) is 2. The van der Waals surface area contributed by atoms with Gasteiger partial charge in [-0.1, -0.05) is 6.07 Å². The normalized spacial score (nSPS) is 21.4. The van der Waals surface area contributed by atoms with Crippen LogP contribution in [0.4, 0.5) is 10.5 Å². The first-order chi connectivity index (χ1) is 9.79. The van der Waals surface area contributed by atoms with Crippen molar-refractivity contribution in [1.29, 1.82) is 0 Å². The number of carbonyl (C=O) groups is 2. The van der Waals surface area contributed by atoms with Crippen LogP contribution in [0, 0.1) is 13.8 Å². The van der Waals surface area contributed by atoms with E-state index in [9.17, 15) is 14.7 Å². The predicted octanol–water partition coefficient (Wildman–Crippen LogP) is 1.38. The van der Waals surface area contributed by atoms with Gasteiger partial charge in [-0.25, -0.2) is 9.59 Å². The number of amides is 2. The lowest BCUT2D eigenvalue weighted by Gasteiger charge is -2.28. The summed E-state index contributed by atoms with van der Waals surface area (Å²) in [6.07, 6.45) is -0.718. The van der Waals surface area contributed by atoms with E-state index in [-0.39, 0.29) is 13.0 Å². The molecule has 0 aromatic heterocycles. The maximum atomic E-state index is 12.5. The highest BCUT2D eigenvalue weighted by molar-refractivity contribution is 5.94. The molecule has 1 aliphatic heterocycles. The molecule has 1 heterocycles. The lowest BCUT2D eigenvalue weighted by atomic mass is 10.1. The van der Waals surface area contributed by atoms with Crippen LogP contribution in [0.5, 0.6) is 0 Å². The fraction of sp³-hybridized carbons (Fsp3) is 0.467. The van der Waals surface area contributed by atoms with Gasteiger partial charge in [0.15, 0.2) is 0 Å². The third kappa shape index (κ3) is 3.16. The number of hydrogen-bond acceptors (Lipinski definition) is 3. The number of carboxylic acid groups (broad SMARTS) is 1. The van der Waals surface area contributed by atoms with Gasteiger partial charge in [0, 0.05) is 25.7 Å². The lowest BCUT2D eigenvalue weighted by molar-refractivity contribution is -0.141. The number of nitrogens with zero attached hydrogens (tertiary/aromatic N) is 2. The Hall–Kier alpha value is -2.08. The average Bonchev–Trinajstić information content (AvgIpc) is 2.78. The van der Waals surface area contributed by atoms with Gasteiger partial charge in [-0.3, -0.25) is 4.90 Å². The first-order valence-electron chi connectivity index (χ1n) is 6.83. The zero-order valence-electron chi connectivity index (χ0n) is 12.4. The number of aliphatic hydroxyl groups excluding tert-OH is 1. The van der Waals surface area contributed by atoms with E-state index >= 15 is 0 Å². The molecule has 1 unspecified atom stereocenters. The Bertz CT molecular complexity index is 553.